The number of rotatable bonds is 10. The molecular formula is C30H40F2O. The van der Waals surface area contributed by atoms with Crippen LogP contribution in [-0.2, 0) is 0 Å². The van der Waals surface area contributed by atoms with Gasteiger partial charge in [-0.2, -0.15) is 8.78 Å². The number of fused-ring (bicyclic) bond motifs is 1. The first-order valence-corrected chi connectivity index (χ1v) is 13.3. The van der Waals surface area contributed by atoms with Crippen molar-refractivity contribution in [2.24, 2.45) is 17.8 Å². The molecule has 4 rings (SSSR count). The van der Waals surface area contributed by atoms with Gasteiger partial charge in [0.25, 0.3) is 0 Å². The summed E-state index contributed by atoms with van der Waals surface area (Å²) in [5.74, 6) is 3.76. The molecule has 0 N–H and O–H groups in total. The van der Waals surface area contributed by atoms with Gasteiger partial charge in [0.2, 0.25) is 0 Å². The summed E-state index contributed by atoms with van der Waals surface area (Å²) >= 11 is 0. The molecule has 0 bridgehead atoms. The molecule has 0 aromatic heterocycles. The minimum absolute atomic E-state index is 0.202. The lowest BCUT2D eigenvalue weighted by molar-refractivity contribution is -0.0498. The highest BCUT2D eigenvalue weighted by Gasteiger charge is 2.35. The molecule has 0 aliphatic heterocycles. The van der Waals surface area contributed by atoms with Gasteiger partial charge in [0.15, 0.2) is 0 Å². The van der Waals surface area contributed by atoms with Crippen LogP contribution in [0, 0.1) is 17.8 Å². The Morgan fingerprint density at radius 1 is 0.758 bits per heavy atom. The molecule has 0 amide bonds. The lowest BCUT2D eigenvalue weighted by atomic mass is 9.63. The molecule has 3 heteroatoms. The van der Waals surface area contributed by atoms with Crippen molar-refractivity contribution >= 4 is 0 Å². The van der Waals surface area contributed by atoms with Crippen LogP contribution in [-0.4, -0.2) is 6.61 Å². The average molecular weight is 455 g/mol. The third-order valence-corrected chi connectivity index (χ3v) is 8.23. The smallest absolute Gasteiger partial charge is 0.387 e. The lowest BCUT2D eigenvalue weighted by Crippen LogP contribution is -2.30. The van der Waals surface area contributed by atoms with Gasteiger partial charge in [0.1, 0.15) is 5.75 Å². The van der Waals surface area contributed by atoms with Crippen LogP contribution in [0.4, 0.5) is 8.78 Å². The van der Waals surface area contributed by atoms with Gasteiger partial charge in [-0.05, 0) is 84.6 Å². The summed E-state index contributed by atoms with van der Waals surface area (Å²) in [5, 5.41) is 0. The fraction of sp³-hybridized carbons (Fsp3) is 0.600. The first-order valence-electron chi connectivity index (χ1n) is 13.3. The Morgan fingerprint density at radius 3 is 2.09 bits per heavy atom. The molecular weight excluding hydrogens is 414 g/mol. The zero-order chi connectivity index (χ0) is 23.0. The van der Waals surface area contributed by atoms with Gasteiger partial charge in [-0.1, -0.05) is 88.3 Å². The molecule has 2 aromatic rings. The predicted molar refractivity (Wildman–Crippen MR) is 133 cm³/mol. The second-order valence-corrected chi connectivity index (χ2v) is 10.4. The van der Waals surface area contributed by atoms with Gasteiger partial charge < -0.3 is 4.74 Å². The van der Waals surface area contributed by atoms with Crippen molar-refractivity contribution in [2.45, 2.75) is 96.5 Å². The molecule has 0 radical (unpaired) electrons. The van der Waals surface area contributed by atoms with Crippen molar-refractivity contribution in [3.8, 4) is 16.9 Å². The number of hydrogen-bond donors (Lipinski definition) is 0. The Kier molecular flexibility index (Phi) is 8.81. The van der Waals surface area contributed by atoms with Crippen LogP contribution in [0.15, 0.2) is 48.5 Å². The van der Waals surface area contributed by atoms with E-state index in [1.54, 1.807) is 12.1 Å². The van der Waals surface area contributed by atoms with Gasteiger partial charge in [0, 0.05) is 0 Å². The van der Waals surface area contributed by atoms with Crippen molar-refractivity contribution < 1.29 is 13.5 Å². The van der Waals surface area contributed by atoms with E-state index in [4.69, 9.17) is 0 Å². The molecule has 0 spiro atoms. The molecule has 2 fully saturated rings. The van der Waals surface area contributed by atoms with E-state index in [0.29, 0.717) is 5.92 Å². The molecule has 0 heterocycles. The highest BCUT2D eigenvalue weighted by Crippen LogP contribution is 2.48. The third kappa shape index (κ3) is 6.80. The third-order valence-electron chi connectivity index (χ3n) is 8.23. The zero-order valence-corrected chi connectivity index (χ0v) is 20.2. The number of benzene rings is 2. The zero-order valence-electron chi connectivity index (χ0n) is 20.2. The van der Waals surface area contributed by atoms with Crippen LogP contribution in [0.5, 0.6) is 5.75 Å². The van der Waals surface area contributed by atoms with E-state index >= 15 is 0 Å². The van der Waals surface area contributed by atoms with E-state index in [-0.39, 0.29) is 5.75 Å². The minimum Gasteiger partial charge on any atom is -0.435 e. The molecule has 2 saturated carbocycles. The highest BCUT2D eigenvalue weighted by atomic mass is 19.3. The van der Waals surface area contributed by atoms with Gasteiger partial charge in [-0.3, -0.25) is 0 Å². The Labute approximate surface area is 198 Å². The minimum atomic E-state index is -2.78. The van der Waals surface area contributed by atoms with Crippen LogP contribution in [0.2, 0.25) is 0 Å². The number of halogens is 2. The van der Waals surface area contributed by atoms with Crippen LogP contribution in [0.1, 0.15) is 95.5 Å². The molecule has 2 aliphatic rings. The van der Waals surface area contributed by atoms with Crippen molar-refractivity contribution in [3.63, 3.8) is 0 Å². The quantitative estimate of drug-likeness (QED) is 0.325. The average Bonchev–Trinajstić information content (AvgIpc) is 2.84. The Balaban J connectivity index is 1.27. The maximum Gasteiger partial charge on any atom is 0.387 e. The fourth-order valence-corrected chi connectivity index (χ4v) is 6.36. The maximum atomic E-state index is 12.4. The van der Waals surface area contributed by atoms with Crippen LogP contribution in [0.25, 0.3) is 11.1 Å². The van der Waals surface area contributed by atoms with Gasteiger partial charge in [-0.25, -0.2) is 0 Å². The van der Waals surface area contributed by atoms with E-state index < -0.39 is 6.61 Å². The molecule has 2 aromatic carbocycles. The number of ether oxygens (including phenoxy) is 1. The standard InChI is InChI=1S/C30H40F2O/c1-2-3-4-5-6-7-22-8-9-28-21-27(15-14-26(28)20-22)25-12-10-23(11-13-25)24-16-18-29(19-17-24)33-30(31)32/h10-13,16-19,22,26-28,30H,2-9,14-15,20-21H2,1H3/t22?,26-,27-,28-/m1/s1. The molecule has 180 valence electrons. The van der Waals surface area contributed by atoms with Gasteiger partial charge >= 0.3 is 6.61 Å². The lowest BCUT2D eigenvalue weighted by Gasteiger charge is -2.42. The Hall–Kier alpha value is -1.90. The van der Waals surface area contributed by atoms with Crippen LogP contribution in [0.3, 0.4) is 0 Å². The van der Waals surface area contributed by atoms with Crippen LogP contribution >= 0.6 is 0 Å². The van der Waals surface area contributed by atoms with Crippen molar-refractivity contribution in [3.05, 3.63) is 54.1 Å². The number of hydrogen-bond acceptors (Lipinski definition) is 1. The predicted octanol–water partition coefficient (Wildman–Crippen LogP) is 9.62. The first-order chi connectivity index (χ1) is 16.1. The molecule has 1 unspecified atom stereocenters. The summed E-state index contributed by atoms with van der Waals surface area (Å²) in [6.45, 7) is -0.489. The van der Waals surface area contributed by atoms with Crippen LogP contribution < -0.4 is 4.74 Å². The largest absolute Gasteiger partial charge is 0.435 e. The second-order valence-electron chi connectivity index (χ2n) is 10.4. The van der Waals surface area contributed by atoms with E-state index in [9.17, 15) is 8.78 Å². The number of alkyl halides is 2. The normalized spacial score (nSPS) is 25.1. The Morgan fingerprint density at radius 2 is 1.39 bits per heavy atom. The van der Waals surface area contributed by atoms with Crippen molar-refractivity contribution in [2.75, 3.05) is 0 Å². The SMILES string of the molecule is CCCCCCCC1CC[C@@H]2C[C@H](c3ccc(-c4ccc(OC(F)F)cc4)cc3)CC[C@@H]2C1. The summed E-state index contributed by atoms with van der Waals surface area (Å²) in [6, 6.07) is 15.8. The van der Waals surface area contributed by atoms with Crippen molar-refractivity contribution in [1.82, 2.24) is 0 Å². The molecule has 33 heavy (non-hydrogen) atoms. The van der Waals surface area contributed by atoms with Crippen molar-refractivity contribution in [1.29, 1.82) is 0 Å². The summed E-state index contributed by atoms with van der Waals surface area (Å²) in [7, 11) is 0. The molecule has 0 saturated heterocycles. The Bertz CT molecular complexity index is 829. The molecule has 4 atom stereocenters. The van der Waals surface area contributed by atoms with E-state index in [2.05, 4.69) is 35.9 Å². The second kappa shape index (κ2) is 12.0. The first kappa shape index (κ1) is 24.2. The van der Waals surface area contributed by atoms with E-state index in [1.807, 2.05) is 12.1 Å². The molecule has 1 nitrogen and oxygen atoms in total. The maximum absolute atomic E-state index is 12.4. The summed E-state index contributed by atoms with van der Waals surface area (Å²) < 4.78 is 29.2. The highest BCUT2D eigenvalue weighted by molar-refractivity contribution is 5.64. The summed E-state index contributed by atoms with van der Waals surface area (Å²) in [4.78, 5) is 0. The van der Waals surface area contributed by atoms with E-state index in [0.717, 1.165) is 28.9 Å². The van der Waals surface area contributed by atoms with Gasteiger partial charge in [-0.15, -0.1) is 0 Å². The number of unbranched alkanes of at least 4 members (excludes halogenated alkanes) is 4. The summed E-state index contributed by atoms with van der Waals surface area (Å²) in [5.41, 5.74) is 3.61. The fourth-order valence-electron chi connectivity index (χ4n) is 6.36. The van der Waals surface area contributed by atoms with Gasteiger partial charge in [0.05, 0.1) is 0 Å². The van der Waals surface area contributed by atoms with E-state index in [1.165, 1.54) is 82.6 Å². The summed E-state index contributed by atoms with van der Waals surface area (Å²) in [6.07, 6.45) is 17.0. The monoisotopic (exact) mass is 454 g/mol. The topological polar surface area (TPSA) is 9.23 Å². The molecule has 2 aliphatic carbocycles.